The molecule has 8 heteroatoms. The lowest BCUT2D eigenvalue weighted by atomic mass is 10.1. The highest BCUT2D eigenvalue weighted by Gasteiger charge is 2.36. The van der Waals surface area contributed by atoms with Crippen molar-refractivity contribution in [3.05, 3.63) is 65.0 Å². The zero-order valence-electron chi connectivity index (χ0n) is 10.5. The lowest BCUT2D eigenvalue weighted by molar-refractivity contribution is -0.140. The molecule has 0 N–H and O–H groups in total. The van der Waals surface area contributed by atoms with Crippen LogP contribution in [0.5, 0.6) is 5.75 Å². The lowest BCUT2D eigenvalue weighted by Gasteiger charge is -2.11. The lowest BCUT2D eigenvalue weighted by Crippen LogP contribution is -2.16. The minimum absolute atomic E-state index is 0.452. The third kappa shape index (κ3) is 3.38. The number of rotatable bonds is 2. The molecule has 0 radical (unpaired) electrons. The SMILES string of the molecule is O=C(Oc1cc(F)cc(F)c1)c1cccc(C(F)(F)F)c1F. The Balaban J connectivity index is 2.34. The van der Waals surface area contributed by atoms with E-state index in [1.165, 1.54) is 0 Å². The average Bonchev–Trinajstić information content (AvgIpc) is 2.35. The molecule has 0 aliphatic carbocycles. The second kappa shape index (κ2) is 5.70. The van der Waals surface area contributed by atoms with Crippen LogP contribution in [-0.2, 0) is 6.18 Å². The molecule has 0 heterocycles. The van der Waals surface area contributed by atoms with Gasteiger partial charge in [-0.15, -0.1) is 0 Å². The minimum atomic E-state index is -4.99. The molecule has 2 aromatic rings. The highest BCUT2D eigenvalue weighted by molar-refractivity contribution is 5.91. The van der Waals surface area contributed by atoms with E-state index in [1.807, 2.05) is 0 Å². The molecular formula is C14H6F6O2. The average molecular weight is 320 g/mol. The molecule has 0 aromatic heterocycles. The Morgan fingerprint density at radius 2 is 1.55 bits per heavy atom. The second-order valence-electron chi connectivity index (χ2n) is 4.16. The first-order chi connectivity index (χ1) is 10.2. The van der Waals surface area contributed by atoms with Crippen LogP contribution >= 0.6 is 0 Å². The van der Waals surface area contributed by atoms with Gasteiger partial charge in [0.2, 0.25) is 0 Å². The topological polar surface area (TPSA) is 26.3 Å². The van der Waals surface area contributed by atoms with Crippen molar-refractivity contribution < 1.29 is 35.9 Å². The molecule has 2 rings (SSSR count). The number of carbonyl (C=O) groups excluding carboxylic acids is 1. The second-order valence-corrected chi connectivity index (χ2v) is 4.16. The van der Waals surface area contributed by atoms with Crippen LogP contribution in [0.1, 0.15) is 15.9 Å². The largest absolute Gasteiger partial charge is 0.423 e. The van der Waals surface area contributed by atoms with Crippen LogP contribution in [-0.4, -0.2) is 5.97 Å². The van der Waals surface area contributed by atoms with E-state index in [9.17, 15) is 31.1 Å². The highest BCUT2D eigenvalue weighted by Crippen LogP contribution is 2.32. The first kappa shape index (κ1) is 15.9. The maximum atomic E-state index is 13.7. The van der Waals surface area contributed by atoms with E-state index in [0.29, 0.717) is 24.3 Å². The predicted molar refractivity (Wildman–Crippen MR) is 62.7 cm³/mol. The molecule has 0 saturated carbocycles. The van der Waals surface area contributed by atoms with Crippen LogP contribution < -0.4 is 4.74 Å². The van der Waals surface area contributed by atoms with Crippen molar-refractivity contribution in [3.8, 4) is 5.75 Å². The van der Waals surface area contributed by atoms with Gasteiger partial charge in [0.25, 0.3) is 0 Å². The Hall–Kier alpha value is -2.51. The Kier molecular flexibility index (Phi) is 4.11. The monoisotopic (exact) mass is 320 g/mol. The number of benzene rings is 2. The number of hydrogen-bond donors (Lipinski definition) is 0. The molecule has 0 spiro atoms. The summed E-state index contributed by atoms with van der Waals surface area (Å²) in [5, 5.41) is 0. The fraction of sp³-hybridized carbons (Fsp3) is 0.0714. The van der Waals surface area contributed by atoms with Gasteiger partial charge in [-0.2, -0.15) is 13.2 Å². The van der Waals surface area contributed by atoms with Crippen LogP contribution in [0.15, 0.2) is 36.4 Å². The van der Waals surface area contributed by atoms with Gasteiger partial charge in [-0.05, 0) is 12.1 Å². The van der Waals surface area contributed by atoms with E-state index in [0.717, 1.165) is 12.1 Å². The van der Waals surface area contributed by atoms with Gasteiger partial charge >= 0.3 is 12.1 Å². The summed E-state index contributed by atoms with van der Waals surface area (Å²) in [6.45, 7) is 0. The number of carbonyl (C=O) groups is 1. The molecule has 0 saturated heterocycles. The first-order valence-corrected chi connectivity index (χ1v) is 5.72. The van der Waals surface area contributed by atoms with E-state index in [-0.39, 0.29) is 0 Å². The van der Waals surface area contributed by atoms with Crippen LogP contribution in [0.3, 0.4) is 0 Å². The summed E-state index contributed by atoms with van der Waals surface area (Å²) < 4.78 is 81.6. The zero-order valence-corrected chi connectivity index (χ0v) is 10.5. The van der Waals surface area contributed by atoms with Crippen LogP contribution in [0.25, 0.3) is 0 Å². The fourth-order valence-electron chi connectivity index (χ4n) is 1.66. The first-order valence-electron chi connectivity index (χ1n) is 5.72. The van der Waals surface area contributed by atoms with Crippen molar-refractivity contribution in [2.45, 2.75) is 6.18 Å². The fourth-order valence-corrected chi connectivity index (χ4v) is 1.66. The summed E-state index contributed by atoms with van der Waals surface area (Å²) in [5.41, 5.74) is -2.65. The quantitative estimate of drug-likeness (QED) is 0.467. The zero-order chi connectivity index (χ0) is 16.5. The standard InChI is InChI=1S/C14H6F6O2/c15-7-4-8(16)6-9(5-7)22-13(21)10-2-1-3-11(12(10)17)14(18,19)20/h1-6H. The summed E-state index contributed by atoms with van der Waals surface area (Å²) in [4.78, 5) is 11.7. The Labute approximate surface area is 119 Å². The molecule has 0 fully saturated rings. The van der Waals surface area contributed by atoms with E-state index in [2.05, 4.69) is 4.74 Å². The minimum Gasteiger partial charge on any atom is -0.423 e. The van der Waals surface area contributed by atoms with Gasteiger partial charge in [0.15, 0.2) is 0 Å². The molecule has 0 atom stereocenters. The predicted octanol–water partition coefficient (Wildman–Crippen LogP) is 4.34. The van der Waals surface area contributed by atoms with Crippen molar-refractivity contribution in [3.63, 3.8) is 0 Å². The molecule has 2 nitrogen and oxygen atoms in total. The van der Waals surface area contributed by atoms with Gasteiger partial charge in [-0.3, -0.25) is 0 Å². The van der Waals surface area contributed by atoms with Crippen LogP contribution in [0.2, 0.25) is 0 Å². The normalized spacial score (nSPS) is 11.4. The number of hydrogen-bond acceptors (Lipinski definition) is 2. The number of halogens is 6. The maximum Gasteiger partial charge on any atom is 0.419 e. The van der Waals surface area contributed by atoms with Crippen molar-refractivity contribution in [2.75, 3.05) is 0 Å². The summed E-state index contributed by atoms with van der Waals surface area (Å²) in [7, 11) is 0. The molecule has 116 valence electrons. The summed E-state index contributed by atoms with van der Waals surface area (Å²) >= 11 is 0. The summed E-state index contributed by atoms with van der Waals surface area (Å²) in [6.07, 6.45) is -4.99. The number of esters is 1. The van der Waals surface area contributed by atoms with Gasteiger partial charge < -0.3 is 4.74 Å². The Morgan fingerprint density at radius 3 is 2.09 bits per heavy atom. The summed E-state index contributed by atoms with van der Waals surface area (Å²) in [6, 6.07) is 3.80. The van der Waals surface area contributed by atoms with Crippen LogP contribution in [0, 0.1) is 17.5 Å². The summed E-state index contributed by atoms with van der Waals surface area (Å²) in [5.74, 6) is -6.05. The highest BCUT2D eigenvalue weighted by atomic mass is 19.4. The Morgan fingerprint density at radius 1 is 0.955 bits per heavy atom. The Bertz CT molecular complexity index is 704. The van der Waals surface area contributed by atoms with Gasteiger partial charge in [0, 0.05) is 18.2 Å². The van der Waals surface area contributed by atoms with Gasteiger partial charge in [-0.1, -0.05) is 6.07 Å². The number of alkyl halides is 3. The molecule has 0 unspecified atom stereocenters. The van der Waals surface area contributed by atoms with Crippen molar-refractivity contribution in [2.24, 2.45) is 0 Å². The van der Waals surface area contributed by atoms with E-state index in [1.54, 1.807) is 0 Å². The molecule has 0 aliphatic heterocycles. The van der Waals surface area contributed by atoms with Crippen molar-refractivity contribution in [1.29, 1.82) is 0 Å². The van der Waals surface area contributed by atoms with Gasteiger partial charge in [0.1, 0.15) is 23.2 Å². The van der Waals surface area contributed by atoms with Crippen molar-refractivity contribution in [1.82, 2.24) is 0 Å². The number of ether oxygens (including phenoxy) is 1. The third-order valence-corrected chi connectivity index (χ3v) is 2.57. The molecule has 0 amide bonds. The molecular weight excluding hydrogens is 314 g/mol. The molecule has 0 bridgehead atoms. The van der Waals surface area contributed by atoms with Crippen LogP contribution in [0.4, 0.5) is 26.3 Å². The maximum absolute atomic E-state index is 13.7. The van der Waals surface area contributed by atoms with Gasteiger partial charge in [-0.25, -0.2) is 18.0 Å². The van der Waals surface area contributed by atoms with E-state index in [4.69, 9.17) is 0 Å². The molecule has 22 heavy (non-hydrogen) atoms. The van der Waals surface area contributed by atoms with Crippen molar-refractivity contribution >= 4 is 5.97 Å². The van der Waals surface area contributed by atoms with Gasteiger partial charge in [0.05, 0.1) is 11.1 Å². The molecule has 0 aliphatic rings. The molecule has 2 aromatic carbocycles. The van der Waals surface area contributed by atoms with E-state index < -0.39 is 46.5 Å². The smallest absolute Gasteiger partial charge is 0.419 e. The third-order valence-electron chi connectivity index (χ3n) is 2.57. The van der Waals surface area contributed by atoms with E-state index >= 15 is 0 Å².